The van der Waals surface area contributed by atoms with E-state index in [0.29, 0.717) is 24.7 Å². The molecule has 1 saturated carbocycles. The SMILES string of the molecule is CC(C)[C@H]1CC[C@H]2C(OS(=O)(=O)C(F)(F)F)=CCC[C@]12C. The van der Waals surface area contributed by atoms with Gasteiger partial charge in [-0.3, -0.25) is 0 Å². The molecule has 21 heavy (non-hydrogen) atoms. The van der Waals surface area contributed by atoms with Crippen LogP contribution in [0.25, 0.3) is 0 Å². The van der Waals surface area contributed by atoms with E-state index in [1.165, 1.54) is 6.08 Å². The smallest absolute Gasteiger partial charge is 0.381 e. The van der Waals surface area contributed by atoms with E-state index in [2.05, 4.69) is 18.0 Å². The lowest BCUT2D eigenvalue weighted by Gasteiger charge is -2.41. The third-order valence-electron chi connectivity index (χ3n) is 5.08. The van der Waals surface area contributed by atoms with Crippen LogP contribution >= 0.6 is 0 Å². The molecule has 0 heterocycles. The summed E-state index contributed by atoms with van der Waals surface area (Å²) in [5.41, 5.74) is -5.56. The molecule has 0 saturated heterocycles. The van der Waals surface area contributed by atoms with E-state index in [4.69, 9.17) is 0 Å². The Bertz CT molecular complexity index is 536. The average molecular weight is 326 g/mol. The van der Waals surface area contributed by atoms with E-state index in [-0.39, 0.29) is 17.1 Å². The molecule has 122 valence electrons. The number of halogens is 3. The highest BCUT2D eigenvalue weighted by Gasteiger charge is 2.54. The van der Waals surface area contributed by atoms with Gasteiger partial charge in [-0.05, 0) is 49.0 Å². The fraction of sp³-hybridized carbons (Fsp3) is 0.857. The van der Waals surface area contributed by atoms with Crippen molar-refractivity contribution in [1.82, 2.24) is 0 Å². The summed E-state index contributed by atoms with van der Waals surface area (Å²) in [7, 11) is -5.57. The molecule has 0 aromatic carbocycles. The van der Waals surface area contributed by atoms with Crippen molar-refractivity contribution in [3.05, 3.63) is 11.8 Å². The van der Waals surface area contributed by atoms with Crippen molar-refractivity contribution in [1.29, 1.82) is 0 Å². The van der Waals surface area contributed by atoms with Gasteiger partial charge in [-0.25, -0.2) is 0 Å². The van der Waals surface area contributed by atoms with Gasteiger partial charge in [0.1, 0.15) is 5.76 Å². The van der Waals surface area contributed by atoms with Crippen LogP contribution in [0.2, 0.25) is 0 Å². The second kappa shape index (κ2) is 5.18. The molecule has 1 fully saturated rings. The Balaban J connectivity index is 2.27. The first-order valence-corrected chi connectivity index (χ1v) is 8.60. The normalized spacial score (nSPS) is 33.8. The lowest BCUT2D eigenvalue weighted by molar-refractivity contribution is -0.0536. The maximum absolute atomic E-state index is 12.5. The van der Waals surface area contributed by atoms with Crippen molar-refractivity contribution < 1.29 is 25.8 Å². The van der Waals surface area contributed by atoms with Crippen molar-refractivity contribution >= 4 is 10.1 Å². The Morgan fingerprint density at radius 2 is 1.95 bits per heavy atom. The first kappa shape index (κ1) is 16.6. The highest BCUT2D eigenvalue weighted by molar-refractivity contribution is 7.87. The van der Waals surface area contributed by atoms with Crippen LogP contribution in [0.4, 0.5) is 13.2 Å². The topological polar surface area (TPSA) is 43.4 Å². The van der Waals surface area contributed by atoms with Crippen molar-refractivity contribution in [3.63, 3.8) is 0 Å². The van der Waals surface area contributed by atoms with Gasteiger partial charge >= 0.3 is 15.6 Å². The zero-order chi connectivity index (χ0) is 16.1. The molecule has 0 amide bonds. The number of hydrogen-bond acceptors (Lipinski definition) is 3. The van der Waals surface area contributed by atoms with Crippen LogP contribution in [0.1, 0.15) is 46.5 Å². The predicted octanol–water partition coefficient (Wildman–Crippen LogP) is 4.22. The summed E-state index contributed by atoms with van der Waals surface area (Å²) >= 11 is 0. The van der Waals surface area contributed by atoms with E-state index >= 15 is 0 Å². The number of fused-ring (bicyclic) bond motifs is 1. The van der Waals surface area contributed by atoms with Crippen LogP contribution in [0.3, 0.4) is 0 Å². The standard InChI is InChI=1S/C14H21F3O3S/c1-9(2)10-6-7-11-12(5-4-8-13(10,11)3)20-21(18,19)14(15,16)17/h5,9-11H,4,6-8H2,1-3H3/t10-,11+,13-/m1/s1. The zero-order valence-corrected chi connectivity index (χ0v) is 13.2. The summed E-state index contributed by atoms with van der Waals surface area (Å²) in [5.74, 6) is 0.543. The van der Waals surface area contributed by atoms with Gasteiger partial charge in [-0.1, -0.05) is 20.8 Å². The molecule has 0 bridgehead atoms. The van der Waals surface area contributed by atoms with Crippen LogP contribution in [0.5, 0.6) is 0 Å². The summed E-state index contributed by atoms with van der Waals surface area (Å²) in [5, 5.41) is 0. The minimum Gasteiger partial charge on any atom is -0.381 e. The number of allylic oxidation sites excluding steroid dienone is 2. The molecule has 2 rings (SSSR count). The highest BCUT2D eigenvalue weighted by atomic mass is 32.2. The third-order valence-corrected chi connectivity index (χ3v) is 6.05. The molecule has 0 N–H and O–H groups in total. The molecule has 0 spiro atoms. The number of alkyl halides is 3. The fourth-order valence-electron chi connectivity index (χ4n) is 4.12. The molecule has 2 aliphatic carbocycles. The van der Waals surface area contributed by atoms with Gasteiger partial charge < -0.3 is 4.18 Å². The monoisotopic (exact) mass is 326 g/mol. The van der Waals surface area contributed by atoms with Crippen molar-refractivity contribution in [3.8, 4) is 0 Å². The maximum atomic E-state index is 12.5. The lowest BCUT2D eigenvalue weighted by atomic mass is 9.64. The Hall–Kier alpha value is -0.720. The quantitative estimate of drug-likeness (QED) is 0.576. The maximum Gasteiger partial charge on any atom is 0.534 e. The van der Waals surface area contributed by atoms with Gasteiger partial charge in [-0.2, -0.15) is 21.6 Å². The lowest BCUT2D eigenvalue weighted by Crippen LogP contribution is -2.36. The van der Waals surface area contributed by atoms with E-state index < -0.39 is 15.6 Å². The molecule has 0 aromatic heterocycles. The summed E-state index contributed by atoms with van der Waals surface area (Å²) < 4.78 is 64.4. The van der Waals surface area contributed by atoms with Crippen LogP contribution in [0, 0.1) is 23.2 Å². The first-order chi connectivity index (χ1) is 9.49. The molecular weight excluding hydrogens is 305 g/mol. The van der Waals surface area contributed by atoms with Gasteiger partial charge in [0.2, 0.25) is 0 Å². The highest BCUT2D eigenvalue weighted by Crippen LogP contribution is 2.58. The largest absolute Gasteiger partial charge is 0.534 e. The second-order valence-electron chi connectivity index (χ2n) is 6.61. The van der Waals surface area contributed by atoms with Crippen LogP contribution in [-0.2, 0) is 14.3 Å². The Morgan fingerprint density at radius 1 is 1.33 bits per heavy atom. The molecule has 0 aromatic rings. The van der Waals surface area contributed by atoms with Gasteiger partial charge in [0.25, 0.3) is 0 Å². The van der Waals surface area contributed by atoms with Crippen LogP contribution in [0.15, 0.2) is 11.8 Å². The van der Waals surface area contributed by atoms with Crippen molar-refractivity contribution in [2.24, 2.45) is 23.2 Å². The minimum absolute atomic E-state index is 0.00998. The predicted molar refractivity (Wildman–Crippen MR) is 72.5 cm³/mol. The molecule has 2 aliphatic rings. The Morgan fingerprint density at radius 3 is 2.48 bits per heavy atom. The fourth-order valence-corrected chi connectivity index (χ4v) is 4.65. The average Bonchev–Trinajstić information content (AvgIpc) is 2.65. The Kier molecular flexibility index (Phi) is 4.10. The number of hydrogen-bond donors (Lipinski definition) is 0. The first-order valence-electron chi connectivity index (χ1n) is 7.20. The van der Waals surface area contributed by atoms with Gasteiger partial charge in [0.15, 0.2) is 0 Å². The van der Waals surface area contributed by atoms with Gasteiger partial charge in [-0.15, -0.1) is 0 Å². The van der Waals surface area contributed by atoms with Crippen molar-refractivity contribution in [2.45, 2.75) is 52.0 Å². The number of rotatable bonds is 3. The molecule has 0 aliphatic heterocycles. The summed E-state index contributed by atoms with van der Waals surface area (Å²) in [6.45, 7) is 6.25. The zero-order valence-electron chi connectivity index (χ0n) is 12.4. The summed E-state index contributed by atoms with van der Waals surface area (Å²) in [6, 6.07) is 0. The van der Waals surface area contributed by atoms with E-state index in [0.717, 1.165) is 12.8 Å². The summed E-state index contributed by atoms with van der Waals surface area (Å²) in [6.07, 6.45) is 4.50. The molecule has 0 unspecified atom stereocenters. The summed E-state index contributed by atoms with van der Waals surface area (Å²) in [4.78, 5) is 0. The van der Waals surface area contributed by atoms with Crippen LogP contribution < -0.4 is 0 Å². The van der Waals surface area contributed by atoms with Gasteiger partial charge in [0, 0.05) is 5.92 Å². The molecule has 3 nitrogen and oxygen atoms in total. The molecule has 3 atom stereocenters. The van der Waals surface area contributed by atoms with Gasteiger partial charge in [0.05, 0.1) is 0 Å². The Labute approximate surface area is 123 Å². The van der Waals surface area contributed by atoms with E-state index in [1.54, 1.807) is 0 Å². The molecule has 7 heteroatoms. The van der Waals surface area contributed by atoms with Crippen LogP contribution in [-0.4, -0.2) is 13.9 Å². The second-order valence-corrected chi connectivity index (χ2v) is 8.15. The van der Waals surface area contributed by atoms with E-state index in [1.807, 2.05) is 6.92 Å². The third kappa shape index (κ3) is 2.81. The molecular formula is C14H21F3O3S. The van der Waals surface area contributed by atoms with Crippen molar-refractivity contribution in [2.75, 3.05) is 0 Å². The minimum atomic E-state index is -5.57. The molecule has 0 radical (unpaired) electrons. The van der Waals surface area contributed by atoms with E-state index in [9.17, 15) is 21.6 Å².